The van der Waals surface area contributed by atoms with E-state index in [1.165, 1.54) is 29.5 Å². The summed E-state index contributed by atoms with van der Waals surface area (Å²) < 4.78 is 26.5. The van der Waals surface area contributed by atoms with Gasteiger partial charge in [0, 0.05) is 24.6 Å². The lowest BCUT2D eigenvalue weighted by molar-refractivity contribution is 0.602. The first-order valence-corrected chi connectivity index (χ1v) is 10.1. The van der Waals surface area contributed by atoms with Crippen molar-refractivity contribution in [2.75, 3.05) is 6.26 Å². The van der Waals surface area contributed by atoms with E-state index in [1.54, 1.807) is 28.6 Å². The molecule has 0 aliphatic rings. The number of thiazole rings is 1. The molecular formula is C13H14N4O2S3. The summed E-state index contributed by atoms with van der Waals surface area (Å²) in [6.45, 7) is 2.08. The fourth-order valence-electron chi connectivity index (χ4n) is 1.90. The maximum Gasteiger partial charge on any atom is 0.175 e. The zero-order chi connectivity index (χ0) is 15.7. The first-order chi connectivity index (χ1) is 10.5. The normalized spacial score (nSPS) is 12.1. The number of benzene rings is 1. The molecule has 0 amide bonds. The summed E-state index contributed by atoms with van der Waals surface area (Å²) in [5, 5.41) is 4.36. The molecule has 116 valence electrons. The molecule has 1 aromatic carbocycles. The van der Waals surface area contributed by atoms with Crippen LogP contribution in [0.1, 0.15) is 19.2 Å². The minimum Gasteiger partial charge on any atom is -0.228 e. The Hall–Kier alpha value is -1.45. The average Bonchev–Trinajstić information content (AvgIpc) is 3.03. The molecule has 2 aromatic heterocycles. The second kappa shape index (κ2) is 5.98. The van der Waals surface area contributed by atoms with Crippen LogP contribution in [0.3, 0.4) is 0 Å². The molecule has 0 unspecified atom stereocenters. The van der Waals surface area contributed by atoms with Crippen LogP contribution >= 0.6 is 23.3 Å². The van der Waals surface area contributed by atoms with Gasteiger partial charge in [-0.25, -0.2) is 18.4 Å². The molecule has 0 aliphatic heterocycles. The summed E-state index contributed by atoms with van der Waals surface area (Å²) >= 11 is 2.82. The van der Waals surface area contributed by atoms with Crippen LogP contribution in [-0.4, -0.2) is 33.8 Å². The van der Waals surface area contributed by atoms with Gasteiger partial charge < -0.3 is 0 Å². The molecule has 22 heavy (non-hydrogen) atoms. The topological polar surface area (TPSA) is 77.7 Å². The Kier molecular flexibility index (Phi) is 4.20. The van der Waals surface area contributed by atoms with Crippen LogP contribution in [0.2, 0.25) is 0 Å². The Bertz CT molecular complexity index is 914. The van der Waals surface area contributed by atoms with Crippen molar-refractivity contribution in [1.82, 2.24) is 19.2 Å². The molecular weight excluding hydrogens is 340 g/mol. The highest BCUT2D eigenvalue weighted by molar-refractivity contribution is 7.99. The van der Waals surface area contributed by atoms with E-state index in [9.17, 15) is 8.42 Å². The second-order valence-corrected chi connectivity index (χ2v) is 9.03. The molecule has 9 heteroatoms. The number of nitrogens with zero attached hydrogens (tertiary/aromatic N) is 4. The molecule has 6 nitrogen and oxygen atoms in total. The van der Waals surface area contributed by atoms with Gasteiger partial charge in [0.25, 0.3) is 0 Å². The molecule has 0 saturated heterocycles. The first kappa shape index (κ1) is 15.4. The number of hydrogen-bond acceptors (Lipinski definition) is 7. The van der Waals surface area contributed by atoms with E-state index < -0.39 is 9.84 Å². The summed E-state index contributed by atoms with van der Waals surface area (Å²) in [5.41, 5.74) is 0.786. The zero-order valence-corrected chi connectivity index (χ0v) is 14.5. The van der Waals surface area contributed by atoms with Crippen LogP contribution in [-0.2, 0) is 16.3 Å². The molecule has 0 atom stereocenters. The third-order valence-corrected chi connectivity index (χ3v) is 5.94. The van der Waals surface area contributed by atoms with Gasteiger partial charge in [0.05, 0.1) is 15.1 Å². The van der Waals surface area contributed by atoms with E-state index in [0.29, 0.717) is 4.90 Å². The average molecular weight is 354 g/mol. The number of aryl methyl sites for hydroxylation is 1. The van der Waals surface area contributed by atoms with Crippen LogP contribution < -0.4 is 0 Å². The van der Waals surface area contributed by atoms with Gasteiger partial charge in [0.1, 0.15) is 6.33 Å². The largest absolute Gasteiger partial charge is 0.228 e. The lowest BCUT2D eigenvalue weighted by Crippen LogP contribution is -1.95. The summed E-state index contributed by atoms with van der Waals surface area (Å²) in [6, 6.07) is 4.98. The molecule has 3 aromatic rings. The van der Waals surface area contributed by atoms with Gasteiger partial charge in [-0.1, -0.05) is 6.92 Å². The Balaban J connectivity index is 1.88. The minimum absolute atomic E-state index is 0.311. The van der Waals surface area contributed by atoms with Gasteiger partial charge in [0.2, 0.25) is 0 Å². The standard InChI is InChI=1S/C13H14N4O2S3/c1-3-4-12-14-8-17(16-12)21-13-15-10-6-5-9(22(2,18)19)7-11(10)20-13/h5-8H,3-4H2,1-2H3. The van der Waals surface area contributed by atoms with E-state index >= 15 is 0 Å². The van der Waals surface area contributed by atoms with Gasteiger partial charge >= 0.3 is 0 Å². The molecule has 0 N–H and O–H groups in total. The van der Waals surface area contributed by atoms with Crippen molar-refractivity contribution >= 4 is 43.3 Å². The Morgan fingerprint density at radius 1 is 1.36 bits per heavy atom. The van der Waals surface area contributed by atoms with Crippen LogP contribution in [0.15, 0.2) is 33.8 Å². The van der Waals surface area contributed by atoms with E-state index in [2.05, 4.69) is 22.0 Å². The van der Waals surface area contributed by atoms with Crippen molar-refractivity contribution in [3.63, 3.8) is 0 Å². The van der Waals surface area contributed by atoms with Crippen LogP contribution in [0.5, 0.6) is 0 Å². The smallest absolute Gasteiger partial charge is 0.175 e. The molecule has 0 aliphatic carbocycles. The van der Waals surface area contributed by atoms with Crippen molar-refractivity contribution in [3.05, 3.63) is 30.4 Å². The predicted octanol–water partition coefficient (Wildman–Crippen LogP) is 2.80. The van der Waals surface area contributed by atoms with E-state index in [-0.39, 0.29) is 0 Å². The number of aromatic nitrogens is 4. The predicted molar refractivity (Wildman–Crippen MR) is 88.0 cm³/mol. The fraction of sp³-hybridized carbons (Fsp3) is 0.308. The van der Waals surface area contributed by atoms with Crippen molar-refractivity contribution in [1.29, 1.82) is 0 Å². The van der Waals surface area contributed by atoms with Gasteiger partial charge in [-0.3, -0.25) is 0 Å². The van der Waals surface area contributed by atoms with E-state index in [4.69, 9.17) is 0 Å². The number of rotatable bonds is 5. The SMILES string of the molecule is CCCc1ncn(Sc2nc3ccc(S(C)(=O)=O)cc3s2)n1. The molecule has 2 heterocycles. The first-order valence-electron chi connectivity index (χ1n) is 6.65. The Morgan fingerprint density at radius 2 is 2.18 bits per heavy atom. The van der Waals surface area contributed by atoms with Gasteiger partial charge in [0.15, 0.2) is 20.0 Å². The molecule has 0 radical (unpaired) electrons. The molecule has 0 spiro atoms. The van der Waals surface area contributed by atoms with Crippen LogP contribution in [0, 0.1) is 0 Å². The highest BCUT2D eigenvalue weighted by Crippen LogP contribution is 2.31. The fourth-order valence-corrected chi connectivity index (χ4v) is 4.53. The summed E-state index contributed by atoms with van der Waals surface area (Å²) in [6.07, 6.45) is 4.73. The molecule has 0 saturated carbocycles. The van der Waals surface area contributed by atoms with Crippen molar-refractivity contribution in [2.24, 2.45) is 0 Å². The number of sulfone groups is 1. The third-order valence-electron chi connectivity index (χ3n) is 2.93. The summed E-state index contributed by atoms with van der Waals surface area (Å²) in [4.78, 5) is 9.03. The second-order valence-electron chi connectivity index (χ2n) is 4.79. The van der Waals surface area contributed by atoms with Crippen molar-refractivity contribution in [2.45, 2.75) is 29.0 Å². The lowest BCUT2D eigenvalue weighted by Gasteiger charge is -1.96. The maximum absolute atomic E-state index is 11.6. The number of fused-ring (bicyclic) bond motifs is 1. The Morgan fingerprint density at radius 3 is 2.91 bits per heavy atom. The molecule has 0 bridgehead atoms. The maximum atomic E-state index is 11.6. The molecule has 0 fully saturated rings. The third kappa shape index (κ3) is 3.31. The van der Waals surface area contributed by atoms with Crippen LogP contribution in [0.25, 0.3) is 10.2 Å². The van der Waals surface area contributed by atoms with Gasteiger partial charge in [-0.05, 0) is 24.6 Å². The Labute approximate surface area is 136 Å². The highest BCUT2D eigenvalue weighted by atomic mass is 32.2. The minimum atomic E-state index is -3.20. The summed E-state index contributed by atoms with van der Waals surface area (Å²) in [7, 11) is -3.20. The van der Waals surface area contributed by atoms with Gasteiger partial charge in [-0.2, -0.15) is 4.09 Å². The summed E-state index contributed by atoms with van der Waals surface area (Å²) in [5.74, 6) is 0.815. The quantitative estimate of drug-likeness (QED) is 0.701. The lowest BCUT2D eigenvalue weighted by atomic mass is 10.3. The van der Waals surface area contributed by atoms with E-state index in [0.717, 1.165) is 33.2 Å². The number of hydrogen-bond donors (Lipinski definition) is 0. The van der Waals surface area contributed by atoms with Gasteiger partial charge in [-0.15, -0.1) is 16.4 Å². The monoisotopic (exact) mass is 354 g/mol. The van der Waals surface area contributed by atoms with Crippen LogP contribution in [0.4, 0.5) is 0 Å². The zero-order valence-electron chi connectivity index (χ0n) is 12.1. The molecule has 3 rings (SSSR count). The highest BCUT2D eigenvalue weighted by Gasteiger charge is 2.12. The van der Waals surface area contributed by atoms with Crippen molar-refractivity contribution < 1.29 is 8.42 Å². The van der Waals surface area contributed by atoms with Crippen molar-refractivity contribution in [3.8, 4) is 0 Å². The van der Waals surface area contributed by atoms with E-state index in [1.807, 2.05) is 0 Å².